The van der Waals surface area contributed by atoms with Crippen LogP contribution in [0.5, 0.6) is 5.75 Å². The van der Waals surface area contributed by atoms with Crippen molar-refractivity contribution in [1.82, 2.24) is 10.3 Å². The van der Waals surface area contributed by atoms with Crippen molar-refractivity contribution in [3.05, 3.63) is 24.0 Å². The molecular weight excluding hydrogens is 200 g/mol. The van der Waals surface area contributed by atoms with E-state index in [2.05, 4.69) is 30.2 Å². The van der Waals surface area contributed by atoms with E-state index in [1.54, 1.807) is 13.3 Å². The van der Waals surface area contributed by atoms with E-state index in [0.29, 0.717) is 5.92 Å². The molecule has 1 N–H and O–H groups in total. The molecule has 0 saturated heterocycles. The molecule has 0 aliphatic carbocycles. The van der Waals surface area contributed by atoms with E-state index < -0.39 is 0 Å². The number of pyridine rings is 1. The lowest BCUT2D eigenvalue weighted by molar-refractivity contribution is 0.411. The fourth-order valence-corrected chi connectivity index (χ4v) is 1.69. The van der Waals surface area contributed by atoms with E-state index in [9.17, 15) is 0 Å². The van der Waals surface area contributed by atoms with E-state index in [1.807, 2.05) is 6.20 Å². The van der Waals surface area contributed by atoms with Crippen molar-refractivity contribution in [1.29, 1.82) is 0 Å². The number of rotatable bonds is 7. The maximum absolute atomic E-state index is 5.16. The van der Waals surface area contributed by atoms with Gasteiger partial charge in [-0.25, -0.2) is 0 Å². The number of aromatic nitrogens is 1. The normalized spacial score (nSPS) is 12.4. The van der Waals surface area contributed by atoms with E-state index in [-0.39, 0.29) is 0 Å². The minimum atomic E-state index is 0.625. The fourth-order valence-electron chi connectivity index (χ4n) is 1.69. The fraction of sp³-hybridized carbons (Fsp3) is 0.615. The third-order valence-corrected chi connectivity index (χ3v) is 2.51. The second-order valence-electron chi connectivity index (χ2n) is 4.25. The van der Waals surface area contributed by atoms with Gasteiger partial charge in [-0.1, -0.05) is 13.8 Å². The number of hydrogen-bond acceptors (Lipinski definition) is 3. The lowest BCUT2D eigenvalue weighted by Crippen LogP contribution is -2.23. The molecule has 0 spiro atoms. The Morgan fingerprint density at radius 3 is 2.94 bits per heavy atom. The van der Waals surface area contributed by atoms with Crippen molar-refractivity contribution in [2.24, 2.45) is 5.92 Å². The molecule has 0 saturated carbocycles. The summed E-state index contributed by atoms with van der Waals surface area (Å²) in [5.41, 5.74) is 1.24. The number of nitrogens with one attached hydrogen (secondary N) is 1. The minimum Gasteiger partial charge on any atom is -0.495 e. The van der Waals surface area contributed by atoms with Crippen LogP contribution in [-0.2, 0) is 6.42 Å². The highest BCUT2D eigenvalue weighted by molar-refractivity contribution is 5.23. The standard InChI is InChI=1S/C13H22N2O/c1-4-5-14-8-11(2)6-12-7-13(16-3)10-15-9-12/h7,9-11,14H,4-6,8H2,1-3H3. The molecule has 0 radical (unpaired) electrons. The van der Waals surface area contributed by atoms with Crippen molar-refractivity contribution in [3.8, 4) is 5.75 Å². The Morgan fingerprint density at radius 2 is 2.25 bits per heavy atom. The zero-order valence-electron chi connectivity index (χ0n) is 10.5. The van der Waals surface area contributed by atoms with Gasteiger partial charge in [0, 0.05) is 6.20 Å². The third kappa shape index (κ3) is 4.62. The summed E-state index contributed by atoms with van der Waals surface area (Å²) in [6, 6.07) is 2.06. The van der Waals surface area contributed by atoms with Gasteiger partial charge in [-0.05, 0) is 43.5 Å². The quantitative estimate of drug-likeness (QED) is 0.719. The summed E-state index contributed by atoms with van der Waals surface area (Å²) in [6.45, 7) is 6.59. The zero-order valence-corrected chi connectivity index (χ0v) is 10.5. The van der Waals surface area contributed by atoms with Crippen LogP contribution in [0, 0.1) is 5.92 Å². The van der Waals surface area contributed by atoms with Gasteiger partial charge in [-0.15, -0.1) is 0 Å². The Labute approximate surface area is 98.2 Å². The van der Waals surface area contributed by atoms with Gasteiger partial charge in [0.1, 0.15) is 5.75 Å². The molecule has 0 fully saturated rings. The van der Waals surface area contributed by atoms with Crippen LogP contribution >= 0.6 is 0 Å². The predicted octanol–water partition coefficient (Wildman–Crippen LogP) is 2.27. The average molecular weight is 222 g/mol. The Kier molecular flexibility index (Phi) is 5.86. The van der Waals surface area contributed by atoms with Crippen molar-refractivity contribution in [2.45, 2.75) is 26.7 Å². The number of ether oxygens (including phenoxy) is 1. The Bertz CT molecular complexity index is 302. The average Bonchev–Trinajstić information content (AvgIpc) is 2.29. The highest BCUT2D eigenvalue weighted by atomic mass is 16.5. The molecule has 16 heavy (non-hydrogen) atoms. The van der Waals surface area contributed by atoms with Crippen LogP contribution in [0.15, 0.2) is 18.5 Å². The monoisotopic (exact) mass is 222 g/mol. The number of methoxy groups -OCH3 is 1. The molecule has 0 aromatic carbocycles. The van der Waals surface area contributed by atoms with Gasteiger partial charge < -0.3 is 10.1 Å². The molecule has 0 amide bonds. The summed E-state index contributed by atoms with van der Waals surface area (Å²) in [7, 11) is 1.67. The van der Waals surface area contributed by atoms with Gasteiger partial charge >= 0.3 is 0 Å². The molecular formula is C13H22N2O. The first-order valence-electron chi connectivity index (χ1n) is 5.95. The number of nitrogens with zero attached hydrogens (tertiary/aromatic N) is 1. The molecule has 0 aliphatic rings. The number of hydrogen-bond donors (Lipinski definition) is 1. The summed E-state index contributed by atoms with van der Waals surface area (Å²) in [5, 5.41) is 3.43. The smallest absolute Gasteiger partial charge is 0.137 e. The highest BCUT2D eigenvalue weighted by Gasteiger charge is 2.04. The maximum atomic E-state index is 5.16. The summed E-state index contributed by atoms with van der Waals surface area (Å²) in [4.78, 5) is 4.16. The van der Waals surface area contributed by atoms with Crippen LogP contribution in [-0.4, -0.2) is 25.2 Å². The van der Waals surface area contributed by atoms with E-state index in [0.717, 1.165) is 25.3 Å². The van der Waals surface area contributed by atoms with Crippen LogP contribution in [0.3, 0.4) is 0 Å². The van der Waals surface area contributed by atoms with Gasteiger partial charge in [0.05, 0.1) is 13.3 Å². The van der Waals surface area contributed by atoms with E-state index in [1.165, 1.54) is 12.0 Å². The van der Waals surface area contributed by atoms with Crippen LogP contribution in [0.25, 0.3) is 0 Å². The molecule has 0 bridgehead atoms. The summed E-state index contributed by atoms with van der Waals surface area (Å²) in [6.07, 6.45) is 5.89. The first kappa shape index (κ1) is 13.0. The lowest BCUT2D eigenvalue weighted by Gasteiger charge is -2.12. The summed E-state index contributed by atoms with van der Waals surface area (Å²) >= 11 is 0. The first-order chi connectivity index (χ1) is 7.76. The molecule has 1 rings (SSSR count). The maximum Gasteiger partial charge on any atom is 0.137 e. The molecule has 1 aromatic heterocycles. The van der Waals surface area contributed by atoms with Crippen LogP contribution in [0.2, 0.25) is 0 Å². The molecule has 1 unspecified atom stereocenters. The lowest BCUT2D eigenvalue weighted by atomic mass is 10.0. The zero-order chi connectivity index (χ0) is 11.8. The van der Waals surface area contributed by atoms with Crippen LogP contribution in [0.1, 0.15) is 25.8 Å². The van der Waals surface area contributed by atoms with Crippen molar-refractivity contribution < 1.29 is 4.74 Å². The molecule has 90 valence electrons. The topological polar surface area (TPSA) is 34.2 Å². The third-order valence-electron chi connectivity index (χ3n) is 2.51. The van der Waals surface area contributed by atoms with Crippen molar-refractivity contribution in [3.63, 3.8) is 0 Å². The SMILES string of the molecule is CCCNCC(C)Cc1cncc(OC)c1. The molecule has 0 aliphatic heterocycles. The molecule has 1 heterocycles. The van der Waals surface area contributed by atoms with Crippen LogP contribution < -0.4 is 10.1 Å². The second kappa shape index (κ2) is 7.23. The molecule has 1 atom stereocenters. The van der Waals surface area contributed by atoms with Gasteiger partial charge in [-0.3, -0.25) is 4.98 Å². The Morgan fingerprint density at radius 1 is 1.44 bits per heavy atom. The highest BCUT2D eigenvalue weighted by Crippen LogP contribution is 2.13. The molecule has 1 aromatic rings. The van der Waals surface area contributed by atoms with E-state index in [4.69, 9.17) is 4.74 Å². The van der Waals surface area contributed by atoms with Gasteiger partial charge in [0.25, 0.3) is 0 Å². The molecule has 3 heteroatoms. The molecule has 3 nitrogen and oxygen atoms in total. The predicted molar refractivity (Wildman–Crippen MR) is 66.8 cm³/mol. The van der Waals surface area contributed by atoms with E-state index >= 15 is 0 Å². The minimum absolute atomic E-state index is 0.625. The van der Waals surface area contributed by atoms with Crippen molar-refractivity contribution >= 4 is 0 Å². The van der Waals surface area contributed by atoms with Gasteiger partial charge in [0.2, 0.25) is 0 Å². The van der Waals surface area contributed by atoms with Gasteiger partial charge in [-0.2, -0.15) is 0 Å². The summed E-state index contributed by atoms with van der Waals surface area (Å²) in [5.74, 6) is 1.46. The Balaban J connectivity index is 2.39. The largest absolute Gasteiger partial charge is 0.495 e. The Hall–Kier alpha value is -1.09. The second-order valence-corrected chi connectivity index (χ2v) is 4.25. The van der Waals surface area contributed by atoms with Crippen LogP contribution in [0.4, 0.5) is 0 Å². The summed E-state index contributed by atoms with van der Waals surface area (Å²) < 4.78 is 5.16. The van der Waals surface area contributed by atoms with Crippen molar-refractivity contribution in [2.75, 3.05) is 20.2 Å². The first-order valence-corrected chi connectivity index (χ1v) is 5.95. The van der Waals surface area contributed by atoms with Gasteiger partial charge in [0.15, 0.2) is 0 Å².